The molecule has 0 radical (unpaired) electrons. The van der Waals surface area contributed by atoms with E-state index in [0.29, 0.717) is 30.8 Å². The van der Waals surface area contributed by atoms with Gasteiger partial charge in [0.2, 0.25) is 5.91 Å². The topological polar surface area (TPSA) is 103 Å². The Labute approximate surface area is 215 Å². The number of hydrogen-bond donors (Lipinski definition) is 2. The molecule has 0 aliphatic carbocycles. The number of hydrogen-bond acceptors (Lipinski definition) is 6. The first-order valence-electron chi connectivity index (χ1n) is 12.4. The zero-order valence-electron chi connectivity index (χ0n) is 21.0. The molecule has 2 amide bonds. The van der Waals surface area contributed by atoms with Crippen LogP contribution in [0.25, 0.3) is 33.4 Å². The third-order valence-corrected chi connectivity index (χ3v) is 6.69. The van der Waals surface area contributed by atoms with Crippen molar-refractivity contribution in [3.8, 4) is 28.1 Å². The molecule has 37 heavy (non-hydrogen) atoms. The normalized spacial score (nSPS) is 14.1. The Kier molecular flexibility index (Phi) is 7.14. The van der Waals surface area contributed by atoms with E-state index < -0.39 is 0 Å². The van der Waals surface area contributed by atoms with E-state index in [1.807, 2.05) is 59.5 Å². The van der Waals surface area contributed by atoms with Crippen LogP contribution in [0.1, 0.15) is 17.3 Å². The second-order valence-corrected chi connectivity index (χ2v) is 9.09. The summed E-state index contributed by atoms with van der Waals surface area (Å²) in [5.74, 6) is 0.753. The van der Waals surface area contributed by atoms with E-state index in [1.54, 1.807) is 13.3 Å². The number of ether oxygens (including phenoxy) is 1. The lowest BCUT2D eigenvalue weighted by Crippen LogP contribution is -2.50. The van der Waals surface area contributed by atoms with Gasteiger partial charge >= 0.3 is 0 Å². The zero-order chi connectivity index (χ0) is 25.8. The Morgan fingerprint density at radius 2 is 1.84 bits per heavy atom. The van der Waals surface area contributed by atoms with Crippen molar-refractivity contribution in [2.75, 3.05) is 46.4 Å². The van der Waals surface area contributed by atoms with Crippen molar-refractivity contribution in [3.63, 3.8) is 0 Å². The van der Waals surface area contributed by atoms with Crippen LogP contribution in [0.15, 0.2) is 60.8 Å². The maximum absolute atomic E-state index is 13.3. The van der Waals surface area contributed by atoms with Gasteiger partial charge in [0, 0.05) is 74.5 Å². The molecule has 0 unspecified atom stereocenters. The number of aromatic amines is 1. The van der Waals surface area contributed by atoms with Gasteiger partial charge in [0.05, 0.1) is 12.8 Å². The molecule has 5 rings (SSSR count). The molecular formula is C28H30N6O3. The number of carbonyl (C=O) groups is 2. The number of nitrogens with one attached hydrogen (secondary N) is 2. The van der Waals surface area contributed by atoms with E-state index in [9.17, 15) is 9.59 Å². The number of amides is 2. The number of benzene rings is 2. The van der Waals surface area contributed by atoms with Gasteiger partial charge in [-0.15, -0.1) is 0 Å². The summed E-state index contributed by atoms with van der Waals surface area (Å²) < 4.78 is 5.54. The Morgan fingerprint density at radius 1 is 1.03 bits per heavy atom. The molecular weight excluding hydrogens is 468 g/mol. The number of para-hydroxylation sites is 1. The van der Waals surface area contributed by atoms with Crippen molar-refractivity contribution < 1.29 is 14.3 Å². The fraction of sp³-hybridized carbons (Fsp3) is 0.286. The van der Waals surface area contributed by atoms with Crippen LogP contribution in [0, 0.1) is 0 Å². The number of pyridine rings is 1. The first-order valence-corrected chi connectivity index (χ1v) is 12.4. The number of carbonyl (C=O) groups excluding carboxylic acids is 2. The Balaban J connectivity index is 1.34. The van der Waals surface area contributed by atoms with Crippen LogP contribution in [0.4, 0.5) is 0 Å². The van der Waals surface area contributed by atoms with Crippen molar-refractivity contribution >= 4 is 22.8 Å². The number of aromatic nitrogens is 3. The van der Waals surface area contributed by atoms with Gasteiger partial charge < -0.3 is 15.0 Å². The Hall–Kier alpha value is -4.24. The minimum absolute atomic E-state index is 0.0215. The fourth-order valence-corrected chi connectivity index (χ4v) is 4.69. The number of H-pyrrole nitrogens is 1. The number of piperazine rings is 1. The largest absolute Gasteiger partial charge is 0.496 e. The third kappa shape index (κ3) is 5.31. The summed E-state index contributed by atoms with van der Waals surface area (Å²) in [7, 11) is 1.65. The highest BCUT2D eigenvalue weighted by Gasteiger charge is 2.22. The van der Waals surface area contributed by atoms with Gasteiger partial charge in [-0.05, 0) is 35.9 Å². The van der Waals surface area contributed by atoms with E-state index >= 15 is 0 Å². The third-order valence-electron chi connectivity index (χ3n) is 6.69. The van der Waals surface area contributed by atoms with Gasteiger partial charge in [0.1, 0.15) is 5.75 Å². The molecule has 4 aromatic rings. The molecule has 2 aromatic heterocycles. The minimum Gasteiger partial charge on any atom is -0.496 e. The first kappa shape index (κ1) is 24.5. The average Bonchev–Trinajstić information content (AvgIpc) is 3.36. The summed E-state index contributed by atoms with van der Waals surface area (Å²) >= 11 is 0. The molecule has 2 aromatic carbocycles. The van der Waals surface area contributed by atoms with Gasteiger partial charge in [0.25, 0.3) is 5.91 Å². The fourth-order valence-electron chi connectivity index (χ4n) is 4.69. The molecule has 0 atom stereocenters. The van der Waals surface area contributed by atoms with Crippen molar-refractivity contribution in [1.29, 1.82) is 0 Å². The summed E-state index contributed by atoms with van der Waals surface area (Å²) in [6.07, 6.45) is 1.78. The van der Waals surface area contributed by atoms with Crippen LogP contribution in [0.2, 0.25) is 0 Å². The average molecular weight is 499 g/mol. The Bertz CT molecular complexity index is 1420. The summed E-state index contributed by atoms with van der Waals surface area (Å²) in [4.78, 5) is 33.1. The molecule has 1 fully saturated rings. The number of fused-ring (bicyclic) bond motifs is 1. The maximum atomic E-state index is 13.3. The lowest BCUT2D eigenvalue weighted by atomic mass is 10.0. The molecule has 190 valence electrons. The van der Waals surface area contributed by atoms with Crippen LogP contribution in [-0.4, -0.2) is 83.2 Å². The molecule has 3 heterocycles. The smallest absolute Gasteiger partial charge is 0.253 e. The molecule has 1 aliphatic heterocycles. The summed E-state index contributed by atoms with van der Waals surface area (Å²) in [6.45, 7) is 5.83. The second-order valence-electron chi connectivity index (χ2n) is 9.09. The highest BCUT2D eigenvalue weighted by molar-refractivity contribution is 5.97. The van der Waals surface area contributed by atoms with E-state index in [-0.39, 0.29) is 11.8 Å². The number of methoxy groups -OCH3 is 1. The number of nitrogens with zero attached hydrogens (tertiary/aromatic N) is 4. The molecule has 9 nitrogen and oxygen atoms in total. The predicted octanol–water partition coefficient (Wildman–Crippen LogP) is 3.19. The standard InChI is InChI=1S/C28H30N6O3/c1-19(35)29-10-11-33-12-14-34(15-13-33)28(36)21-7-5-6-20(16-21)22-17-24-26(31-32-27(24)30-18-22)23-8-3-4-9-25(23)37-2/h3-9,16-18H,10-15H2,1-2H3,(H,29,35)(H,30,31,32). The predicted molar refractivity (Wildman–Crippen MR) is 142 cm³/mol. The summed E-state index contributed by atoms with van der Waals surface area (Å²) in [5, 5.41) is 11.2. The van der Waals surface area contributed by atoms with E-state index in [4.69, 9.17) is 4.74 Å². The Morgan fingerprint density at radius 3 is 2.62 bits per heavy atom. The van der Waals surface area contributed by atoms with Crippen LogP contribution in [0.5, 0.6) is 5.75 Å². The lowest BCUT2D eigenvalue weighted by molar-refractivity contribution is -0.119. The van der Waals surface area contributed by atoms with Crippen molar-refractivity contribution in [2.45, 2.75) is 6.92 Å². The molecule has 0 saturated carbocycles. The highest BCUT2D eigenvalue weighted by atomic mass is 16.5. The van der Waals surface area contributed by atoms with E-state index in [0.717, 1.165) is 53.2 Å². The maximum Gasteiger partial charge on any atom is 0.253 e. The minimum atomic E-state index is -0.0215. The summed E-state index contributed by atoms with van der Waals surface area (Å²) in [5.41, 5.74) is 4.84. The molecule has 9 heteroatoms. The molecule has 1 aliphatic rings. The molecule has 0 bridgehead atoms. The van der Waals surface area contributed by atoms with Crippen LogP contribution >= 0.6 is 0 Å². The van der Waals surface area contributed by atoms with Gasteiger partial charge in [-0.2, -0.15) is 5.10 Å². The van der Waals surface area contributed by atoms with Gasteiger partial charge in [-0.3, -0.25) is 19.6 Å². The van der Waals surface area contributed by atoms with E-state index in [2.05, 4.69) is 25.4 Å². The second kappa shape index (κ2) is 10.8. The van der Waals surface area contributed by atoms with Gasteiger partial charge in [-0.1, -0.05) is 24.3 Å². The van der Waals surface area contributed by atoms with Crippen molar-refractivity contribution in [3.05, 3.63) is 66.4 Å². The van der Waals surface area contributed by atoms with Crippen molar-refractivity contribution in [1.82, 2.24) is 30.3 Å². The molecule has 2 N–H and O–H groups in total. The van der Waals surface area contributed by atoms with Gasteiger partial charge in [-0.25, -0.2) is 4.98 Å². The van der Waals surface area contributed by atoms with Gasteiger partial charge in [0.15, 0.2) is 5.65 Å². The lowest BCUT2D eigenvalue weighted by Gasteiger charge is -2.34. The summed E-state index contributed by atoms with van der Waals surface area (Å²) in [6, 6.07) is 17.5. The number of rotatable bonds is 7. The van der Waals surface area contributed by atoms with Crippen LogP contribution in [0.3, 0.4) is 0 Å². The van der Waals surface area contributed by atoms with Crippen LogP contribution in [-0.2, 0) is 4.79 Å². The highest BCUT2D eigenvalue weighted by Crippen LogP contribution is 2.34. The zero-order valence-corrected chi connectivity index (χ0v) is 21.0. The van der Waals surface area contributed by atoms with Crippen molar-refractivity contribution in [2.24, 2.45) is 0 Å². The first-order chi connectivity index (χ1) is 18.0. The van der Waals surface area contributed by atoms with Crippen LogP contribution < -0.4 is 10.1 Å². The molecule has 1 saturated heterocycles. The monoisotopic (exact) mass is 498 g/mol. The quantitative estimate of drug-likeness (QED) is 0.406. The molecule has 0 spiro atoms. The van der Waals surface area contributed by atoms with E-state index in [1.165, 1.54) is 6.92 Å². The SMILES string of the molecule is COc1ccccc1-c1[nH]nc2ncc(-c3cccc(C(=O)N4CCN(CCNC(C)=O)CC4)c3)cc12.